The average molecular weight is 467 g/mol. The van der Waals surface area contributed by atoms with E-state index in [2.05, 4.69) is 6.58 Å². The van der Waals surface area contributed by atoms with Crippen molar-refractivity contribution >= 4 is 26.8 Å². The zero-order chi connectivity index (χ0) is 24.0. The summed E-state index contributed by atoms with van der Waals surface area (Å²) in [6.07, 6.45) is 1.43. The number of benzene rings is 1. The molecule has 0 bridgehead atoms. The van der Waals surface area contributed by atoms with Gasteiger partial charge in [-0.1, -0.05) is 18.7 Å². The van der Waals surface area contributed by atoms with E-state index in [0.717, 1.165) is 0 Å². The van der Waals surface area contributed by atoms with E-state index >= 15 is 0 Å². The lowest BCUT2D eigenvalue weighted by Gasteiger charge is -2.29. The molecular formula is C23H34O8Si. The van der Waals surface area contributed by atoms with E-state index in [-0.39, 0.29) is 25.4 Å². The summed E-state index contributed by atoms with van der Waals surface area (Å²) in [6, 6.07) is 6.88. The first kappa shape index (κ1) is 27.6. The molecule has 0 unspecified atom stereocenters. The first-order chi connectivity index (χ1) is 15.4. The van der Waals surface area contributed by atoms with Gasteiger partial charge in [-0.15, -0.1) is 0 Å². The lowest BCUT2D eigenvalue weighted by atomic mass is 10.1. The second-order valence-electron chi connectivity index (χ2n) is 6.32. The first-order valence-corrected chi connectivity index (χ1v) is 12.5. The van der Waals surface area contributed by atoms with Crippen molar-refractivity contribution in [2.24, 2.45) is 0 Å². The standard InChI is InChI=1S/C23H34O8Si/c1-7-26-22(24)21(23(25)27-8-2)16-19-12-14-20(15-13-19)28-17-18(6)32(29-9-3,30-10-4)31-11-5/h12-16H,6-11,17H2,1-5H3. The van der Waals surface area contributed by atoms with Crippen LogP contribution >= 0.6 is 0 Å². The van der Waals surface area contributed by atoms with Crippen molar-refractivity contribution < 1.29 is 37.1 Å². The zero-order valence-electron chi connectivity index (χ0n) is 19.6. The molecule has 1 rings (SSSR count). The van der Waals surface area contributed by atoms with Crippen molar-refractivity contribution in [2.45, 2.75) is 34.6 Å². The average Bonchev–Trinajstić information content (AvgIpc) is 2.77. The molecule has 1 aromatic rings. The van der Waals surface area contributed by atoms with Gasteiger partial charge in [-0.2, -0.15) is 0 Å². The number of ether oxygens (including phenoxy) is 3. The SMILES string of the molecule is C=C(COc1ccc(C=C(C(=O)OCC)C(=O)OCC)cc1)[Si](OCC)(OCC)OCC. The maximum atomic E-state index is 12.1. The van der Waals surface area contributed by atoms with Crippen LogP contribution in [0.3, 0.4) is 0 Å². The van der Waals surface area contributed by atoms with E-state index in [0.29, 0.717) is 36.3 Å². The lowest BCUT2D eigenvalue weighted by Crippen LogP contribution is -2.49. The lowest BCUT2D eigenvalue weighted by molar-refractivity contribution is -0.146. The van der Waals surface area contributed by atoms with E-state index in [1.807, 2.05) is 20.8 Å². The van der Waals surface area contributed by atoms with Gasteiger partial charge in [0.15, 0.2) is 0 Å². The van der Waals surface area contributed by atoms with Crippen molar-refractivity contribution in [3.05, 3.63) is 47.2 Å². The van der Waals surface area contributed by atoms with E-state index in [1.54, 1.807) is 38.1 Å². The van der Waals surface area contributed by atoms with E-state index in [1.165, 1.54) is 6.08 Å². The van der Waals surface area contributed by atoms with Gasteiger partial charge in [-0.05, 0) is 58.4 Å². The summed E-state index contributed by atoms with van der Waals surface area (Å²) in [6.45, 7) is 14.8. The van der Waals surface area contributed by atoms with Crippen molar-refractivity contribution in [3.63, 3.8) is 0 Å². The number of esters is 2. The smallest absolute Gasteiger partial charge is 0.489 e. The van der Waals surface area contributed by atoms with Crippen LogP contribution in [0.25, 0.3) is 6.08 Å². The van der Waals surface area contributed by atoms with Crippen LogP contribution in [0, 0.1) is 0 Å². The fourth-order valence-electron chi connectivity index (χ4n) is 2.71. The highest BCUT2D eigenvalue weighted by atomic mass is 28.4. The van der Waals surface area contributed by atoms with Crippen LogP contribution < -0.4 is 4.74 Å². The fraction of sp³-hybridized carbons (Fsp3) is 0.478. The third-order valence-electron chi connectivity index (χ3n) is 4.03. The molecule has 0 heterocycles. The summed E-state index contributed by atoms with van der Waals surface area (Å²) in [5, 5.41) is 0.624. The molecule has 0 fully saturated rings. The normalized spacial score (nSPS) is 10.9. The highest BCUT2D eigenvalue weighted by molar-refractivity contribution is 6.68. The Morgan fingerprint density at radius 3 is 1.69 bits per heavy atom. The molecule has 1 aromatic carbocycles. The minimum Gasteiger partial charge on any atom is -0.489 e. The monoisotopic (exact) mass is 466 g/mol. The van der Waals surface area contributed by atoms with Crippen molar-refractivity contribution in [1.29, 1.82) is 0 Å². The molecule has 0 N–H and O–H groups in total. The Labute approximate surface area is 191 Å². The minimum absolute atomic E-state index is 0.155. The second-order valence-corrected chi connectivity index (χ2v) is 9.00. The predicted molar refractivity (Wildman–Crippen MR) is 123 cm³/mol. The Morgan fingerprint density at radius 2 is 1.28 bits per heavy atom. The van der Waals surface area contributed by atoms with Crippen LogP contribution in [-0.2, 0) is 32.3 Å². The summed E-state index contributed by atoms with van der Waals surface area (Å²) in [5.74, 6) is -0.886. The molecular weight excluding hydrogens is 432 g/mol. The highest BCUT2D eigenvalue weighted by Crippen LogP contribution is 2.22. The summed E-state index contributed by atoms with van der Waals surface area (Å²) >= 11 is 0. The molecule has 0 spiro atoms. The largest absolute Gasteiger partial charge is 0.535 e. The Kier molecular flexibility index (Phi) is 12.6. The Morgan fingerprint density at radius 1 is 0.812 bits per heavy atom. The van der Waals surface area contributed by atoms with Crippen molar-refractivity contribution in [1.82, 2.24) is 0 Å². The predicted octanol–water partition coefficient (Wildman–Crippen LogP) is 3.72. The molecule has 9 heteroatoms. The third kappa shape index (κ3) is 8.23. The fourth-order valence-corrected chi connectivity index (χ4v) is 4.96. The molecule has 0 radical (unpaired) electrons. The topological polar surface area (TPSA) is 89.5 Å². The molecule has 8 nitrogen and oxygen atoms in total. The molecule has 0 atom stereocenters. The van der Waals surface area contributed by atoms with Crippen molar-refractivity contribution in [2.75, 3.05) is 39.6 Å². The second kappa shape index (κ2) is 14.6. The Balaban J connectivity index is 2.94. The maximum absolute atomic E-state index is 12.1. The minimum atomic E-state index is -3.06. The molecule has 0 saturated heterocycles. The van der Waals surface area contributed by atoms with E-state index in [9.17, 15) is 9.59 Å². The van der Waals surface area contributed by atoms with Crippen LogP contribution in [0.2, 0.25) is 0 Å². The van der Waals surface area contributed by atoms with Crippen LogP contribution in [0.15, 0.2) is 41.6 Å². The van der Waals surface area contributed by atoms with Crippen molar-refractivity contribution in [3.8, 4) is 5.75 Å². The van der Waals surface area contributed by atoms with Crippen LogP contribution in [-0.4, -0.2) is 60.4 Å². The summed E-state index contributed by atoms with van der Waals surface area (Å²) in [5.41, 5.74) is 0.450. The number of hydrogen-bond acceptors (Lipinski definition) is 8. The zero-order valence-corrected chi connectivity index (χ0v) is 20.6. The summed E-state index contributed by atoms with van der Waals surface area (Å²) in [7, 11) is -3.06. The van der Waals surface area contributed by atoms with E-state index in [4.69, 9.17) is 27.5 Å². The number of carbonyl (C=O) groups excluding carboxylic acids is 2. The third-order valence-corrected chi connectivity index (χ3v) is 7.05. The molecule has 0 aromatic heterocycles. The van der Waals surface area contributed by atoms with Gasteiger partial charge in [-0.25, -0.2) is 9.59 Å². The van der Waals surface area contributed by atoms with Gasteiger partial charge >= 0.3 is 20.7 Å². The molecule has 178 valence electrons. The summed E-state index contributed by atoms with van der Waals surface area (Å²) < 4.78 is 33.2. The molecule has 0 saturated carbocycles. The molecule has 0 aliphatic rings. The molecule has 0 aliphatic heterocycles. The van der Waals surface area contributed by atoms with Gasteiger partial charge in [0.25, 0.3) is 0 Å². The summed E-state index contributed by atoms with van der Waals surface area (Å²) in [4.78, 5) is 24.2. The maximum Gasteiger partial charge on any atom is 0.535 e. The van der Waals surface area contributed by atoms with Gasteiger partial charge in [0.05, 0.1) is 13.2 Å². The van der Waals surface area contributed by atoms with Crippen LogP contribution in [0.1, 0.15) is 40.2 Å². The number of hydrogen-bond donors (Lipinski definition) is 0. The first-order valence-electron chi connectivity index (χ1n) is 10.8. The quantitative estimate of drug-likeness (QED) is 0.127. The van der Waals surface area contributed by atoms with Gasteiger partial charge in [-0.3, -0.25) is 0 Å². The molecule has 32 heavy (non-hydrogen) atoms. The van der Waals surface area contributed by atoms with E-state index < -0.39 is 20.7 Å². The Hall–Kier alpha value is -2.46. The Bertz CT molecular complexity index is 736. The molecule has 0 aliphatic carbocycles. The van der Waals surface area contributed by atoms with Crippen LogP contribution in [0.5, 0.6) is 5.75 Å². The number of carbonyl (C=O) groups is 2. The van der Waals surface area contributed by atoms with Crippen LogP contribution in [0.4, 0.5) is 0 Å². The van der Waals surface area contributed by atoms with Gasteiger partial charge in [0, 0.05) is 25.0 Å². The number of rotatable bonds is 15. The van der Waals surface area contributed by atoms with Gasteiger partial charge in [0.2, 0.25) is 0 Å². The highest BCUT2D eigenvalue weighted by Gasteiger charge is 2.44. The van der Waals surface area contributed by atoms with Gasteiger partial charge < -0.3 is 27.5 Å². The van der Waals surface area contributed by atoms with Gasteiger partial charge in [0.1, 0.15) is 17.9 Å². The molecule has 0 amide bonds.